The van der Waals surface area contributed by atoms with Crippen LogP contribution in [0.1, 0.15) is 32.1 Å². The summed E-state index contributed by atoms with van der Waals surface area (Å²) in [5, 5.41) is 15.6. The fourth-order valence-corrected chi connectivity index (χ4v) is 2.55. The number of hydrogen-bond acceptors (Lipinski definition) is 4. The van der Waals surface area contributed by atoms with Crippen molar-refractivity contribution in [1.29, 1.82) is 0 Å². The molecule has 0 spiro atoms. The molecule has 2 amide bonds. The molecule has 2 aromatic rings. The standard InChI is InChI=1S/C16H18FN5O2.ClH/c17-11-3-1-10(2-4-11)15(23)19-7-8-20-16(24)14-12-9-18-6-5-13(12)21-22-14;/h1-4,18H,5-9H2,(H,19,23)(H,20,24)(H,21,22);1H. The summed E-state index contributed by atoms with van der Waals surface area (Å²) in [6, 6.07) is 5.27. The number of H-pyrrole nitrogens is 1. The van der Waals surface area contributed by atoms with Crippen LogP contribution in [-0.2, 0) is 13.0 Å². The number of fused-ring (bicyclic) bond motifs is 1. The van der Waals surface area contributed by atoms with Crippen molar-refractivity contribution < 1.29 is 14.0 Å². The van der Waals surface area contributed by atoms with Gasteiger partial charge in [-0.2, -0.15) is 5.10 Å². The lowest BCUT2D eigenvalue weighted by Crippen LogP contribution is -2.35. The van der Waals surface area contributed by atoms with E-state index in [0.29, 0.717) is 17.8 Å². The maximum absolute atomic E-state index is 12.8. The molecule has 25 heavy (non-hydrogen) atoms. The van der Waals surface area contributed by atoms with Gasteiger partial charge in [0.2, 0.25) is 0 Å². The van der Waals surface area contributed by atoms with E-state index in [1.165, 1.54) is 24.3 Å². The number of nitrogens with one attached hydrogen (secondary N) is 4. The third kappa shape index (κ3) is 4.55. The fourth-order valence-electron chi connectivity index (χ4n) is 2.55. The Hall–Kier alpha value is -2.45. The zero-order valence-corrected chi connectivity index (χ0v) is 14.2. The Labute approximate surface area is 150 Å². The molecule has 0 aliphatic carbocycles. The molecular weight excluding hydrogens is 349 g/mol. The summed E-state index contributed by atoms with van der Waals surface area (Å²) in [6.45, 7) is 2.04. The first-order chi connectivity index (χ1) is 11.6. The molecule has 7 nitrogen and oxygen atoms in total. The smallest absolute Gasteiger partial charge is 0.272 e. The Balaban J connectivity index is 0.00000225. The molecule has 134 valence electrons. The van der Waals surface area contributed by atoms with Gasteiger partial charge in [-0.1, -0.05) is 0 Å². The molecule has 0 saturated heterocycles. The highest BCUT2D eigenvalue weighted by atomic mass is 35.5. The van der Waals surface area contributed by atoms with Crippen molar-refractivity contribution in [2.75, 3.05) is 19.6 Å². The fraction of sp³-hybridized carbons (Fsp3) is 0.312. The second-order valence-electron chi connectivity index (χ2n) is 5.47. The summed E-state index contributed by atoms with van der Waals surface area (Å²) in [7, 11) is 0. The van der Waals surface area contributed by atoms with Gasteiger partial charge in [0.1, 0.15) is 5.82 Å². The largest absolute Gasteiger partial charge is 0.350 e. The van der Waals surface area contributed by atoms with Crippen molar-refractivity contribution in [2.24, 2.45) is 0 Å². The Morgan fingerprint density at radius 2 is 1.80 bits per heavy atom. The van der Waals surface area contributed by atoms with Crippen molar-refractivity contribution in [3.63, 3.8) is 0 Å². The van der Waals surface area contributed by atoms with Crippen molar-refractivity contribution in [1.82, 2.24) is 26.1 Å². The third-order valence-electron chi connectivity index (χ3n) is 3.82. The Morgan fingerprint density at radius 3 is 2.52 bits per heavy atom. The van der Waals surface area contributed by atoms with Crippen LogP contribution in [-0.4, -0.2) is 41.6 Å². The zero-order chi connectivity index (χ0) is 16.9. The normalized spacial score (nSPS) is 12.7. The number of halogens is 2. The molecule has 2 heterocycles. The monoisotopic (exact) mass is 367 g/mol. The Bertz CT molecular complexity index is 747. The average molecular weight is 368 g/mol. The van der Waals surface area contributed by atoms with Gasteiger partial charge in [0.15, 0.2) is 5.69 Å². The van der Waals surface area contributed by atoms with Crippen LogP contribution in [0.25, 0.3) is 0 Å². The highest BCUT2D eigenvalue weighted by Gasteiger charge is 2.21. The lowest BCUT2D eigenvalue weighted by atomic mass is 10.1. The number of aromatic amines is 1. The zero-order valence-electron chi connectivity index (χ0n) is 13.4. The number of nitrogens with zero attached hydrogens (tertiary/aromatic N) is 1. The molecule has 3 rings (SSSR count). The summed E-state index contributed by atoms with van der Waals surface area (Å²) in [4.78, 5) is 24.0. The summed E-state index contributed by atoms with van der Waals surface area (Å²) in [6.07, 6.45) is 0.823. The first-order valence-corrected chi connectivity index (χ1v) is 7.74. The number of carbonyl (C=O) groups is 2. The van der Waals surface area contributed by atoms with Crippen LogP contribution in [0.5, 0.6) is 0 Å². The molecular formula is C16H19ClFN5O2. The van der Waals surface area contributed by atoms with E-state index in [1.54, 1.807) is 0 Å². The molecule has 0 fully saturated rings. The number of aromatic nitrogens is 2. The number of amides is 2. The summed E-state index contributed by atoms with van der Waals surface area (Å²) in [5.74, 6) is -0.978. The molecule has 0 saturated carbocycles. The first kappa shape index (κ1) is 18.9. The third-order valence-corrected chi connectivity index (χ3v) is 3.82. The molecule has 0 bridgehead atoms. The van der Waals surface area contributed by atoms with Crippen LogP contribution in [0.15, 0.2) is 24.3 Å². The molecule has 1 aromatic heterocycles. The van der Waals surface area contributed by atoms with Crippen molar-refractivity contribution in [3.8, 4) is 0 Å². The van der Waals surface area contributed by atoms with Gasteiger partial charge in [0, 0.05) is 49.4 Å². The number of carbonyl (C=O) groups excluding carboxylic acids is 2. The van der Waals surface area contributed by atoms with E-state index < -0.39 is 5.82 Å². The van der Waals surface area contributed by atoms with E-state index in [-0.39, 0.29) is 37.3 Å². The van der Waals surface area contributed by atoms with Gasteiger partial charge in [-0.3, -0.25) is 14.7 Å². The van der Waals surface area contributed by atoms with Crippen LogP contribution >= 0.6 is 12.4 Å². The van der Waals surface area contributed by atoms with Gasteiger partial charge in [-0.05, 0) is 24.3 Å². The van der Waals surface area contributed by atoms with Gasteiger partial charge in [0.25, 0.3) is 11.8 Å². The molecule has 1 aliphatic heterocycles. The maximum Gasteiger partial charge on any atom is 0.272 e. The van der Waals surface area contributed by atoms with Crippen LogP contribution in [0.3, 0.4) is 0 Å². The maximum atomic E-state index is 12.8. The quantitative estimate of drug-likeness (QED) is 0.587. The van der Waals surface area contributed by atoms with E-state index in [4.69, 9.17) is 0 Å². The van der Waals surface area contributed by atoms with Crippen LogP contribution in [0.2, 0.25) is 0 Å². The van der Waals surface area contributed by atoms with Gasteiger partial charge < -0.3 is 16.0 Å². The number of rotatable bonds is 5. The van der Waals surface area contributed by atoms with Crippen LogP contribution in [0.4, 0.5) is 4.39 Å². The molecule has 4 N–H and O–H groups in total. The summed E-state index contributed by atoms with van der Waals surface area (Å²) < 4.78 is 12.8. The SMILES string of the molecule is Cl.O=C(NCCNC(=O)c1n[nH]c2c1CNCC2)c1ccc(F)cc1. The van der Waals surface area contributed by atoms with Gasteiger partial charge in [-0.15, -0.1) is 12.4 Å². The van der Waals surface area contributed by atoms with Crippen molar-refractivity contribution in [2.45, 2.75) is 13.0 Å². The van der Waals surface area contributed by atoms with Crippen molar-refractivity contribution >= 4 is 24.2 Å². The molecule has 0 unspecified atom stereocenters. The number of benzene rings is 1. The molecule has 0 radical (unpaired) electrons. The molecule has 1 aliphatic rings. The Kier molecular flexibility index (Phi) is 6.49. The lowest BCUT2D eigenvalue weighted by molar-refractivity contribution is 0.0924. The summed E-state index contributed by atoms with van der Waals surface area (Å²) >= 11 is 0. The minimum Gasteiger partial charge on any atom is -0.350 e. The average Bonchev–Trinajstić information content (AvgIpc) is 3.03. The Morgan fingerprint density at radius 1 is 1.12 bits per heavy atom. The van der Waals surface area contributed by atoms with Crippen LogP contribution < -0.4 is 16.0 Å². The van der Waals surface area contributed by atoms with Gasteiger partial charge in [-0.25, -0.2) is 4.39 Å². The highest BCUT2D eigenvalue weighted by Crippen LogP contribution is 2.14. The molecule has 1 aromatic carbocycles. The van der Waals surface area contributed by atoms with Gasteiger partial charge >= 0.3 is 0 Å². The molecule has 0 atom stereocenters. The van der Waals surface area contributed by atoms with E-state index >= 15 is 0 Å². The van der Waals surface area contributed by atoms with Crippen LogP contribution in [0, 0.1) is 5.82 Å². The number of hydrogen-bond donors (Lipinski definition) is 4. The minimum absolute atomic E-state index is 0. The second kappa shape index (κ2) is 8.59. The molecule has 9 heteroatoms. The highest BCUT2D eigenvalue weighted by molar-refractivity contribution is 5.95. The van der Waals surface area contributed by atoms with E-state index in [9.17, 15) is 14.0 Å². The topological polar surface area (TPSA) is 98.9 Å². The summed E-state index contributed by atoms with van der Waals surface area (Å²) in [5.41, 5.74) is 2.65. The van der Waals surface area contributed by atoms with E-state index in [1.807, 2.05) is 0 Å². The first-order valence-electron chi connectivity index (χ1n) is 7.74. The predicted octanol–water partition coefficient (Wildman–Crippen LogP) is 0.776. The van der Waals surface area contributed by atoms with E-state index in [2.05, 4.69) is 26.1 Å². The van der Waals surface area contributed by atoms with Crippen molar-refractivity contribution in [3.05, 3.63) is 52.6 Å². The second-order valence-corrected chi connectivity index (χ2v) is 5.47. The van der Waals surface area contributed by atoms with Gasteiger partial charge in [0.05, 0.1) is 0 Å². The lowest BCUT2D eigenvalue weighted by Gasteiger charge is -2.13. The minimum atomic E-state index is -0.393. The van der Waals surface area contributed by atoms with E-state index in [0.717, 1.165) is 24.2 Å². The predicted molar refractivity (Wildman–Crippen MR) is 92.3 cm³/mol.